The van der Waals surface area contributed by atoms with E-state index in [0.29, 0.717) is 31.7 Å². The highest BCUT2D eigenvalue weighted by Crippen LogP contribution is 2.06. The molecule has 0 aromatic carbocycles. The number of nitrogens with zero attached hydrogens (tertiary/aromatic N) is 2. The molecule has 1 aromatic rings. The van der Waals surface area contributed by atoms with Gasteiger partial charge in [0.05, 0.1) is 12.3 Å². The number of aromatic nitrogens is 2. The van der Waals surface area contributed by atoms with Crippen molar-refractivity contribution in [1.82, 2.24) is 9.97 Å². The minimum atomic E-state index is 0.374. The largest absolute Gasteiger partial charge is 0.461 e. The van der Waals surface area contributed by atoms with Crippen LogP contribution in [-0.4, -0.2) is 29.8 Å². The Bertz CT molecular complexity index is 343. The number of hydrogen-bond acceptors (Lipinski definition) is 5. The monoisotopic (exact) mass is 239 g/mol. The summed E-state index contributed by atoms with van der Waals surface area (Å²) in [6.45, 7) is 8.25. The van der Waals surface area contributed by atoms with Gasteiger partial charge in [0.15, 0.2) is 0 Å². The molecule has 0 aliphatic rings. The molecular weight excluding hydrogens is 218 g/mol. The highest BCUT2D eigenvalue weighted by atomic mass is 16.5. The molecule has 0 unspecified atom stereocenters. The molecule has 0 amide bonds. The topological polar surface area (TPSA) is 70.3 Å². The number of nitrogens with two attached hydrogens (primary N) is 1. The van der Waals surface area contributed by atoms with Gasteiger partial charge in [-0.1, -0.05) is 13.8 Å². The third-order valence-electron chi connectivity index (χ3n) is 2.01. The maximum Gasteiger partial charge on any atom is 0.316 e. The Morgan fingerprint density at radius 2 is 2.06 bits per heavy atom. The maximum absolute atomic E-state index is 5.53. The van der Waals surface area contributed by atoms with Gasteiger partial charge in [-0.25, -0.2) is 4.98 Å². The van der Waals surface area contributed by atoms with E-state index in [9.17, 15) is 0 Å². The van der Waals surface area contributed by atoms with Crippen LogP contribution in [0.15, 0.2) is 6.07 Å². The fourth-order valence-corrected chi connectivity index (χ4v) is 1.28. The van der Waals surface area contributed by atoms with E-state index >= 15 is 0 Å². The summed E-state index contributed by atoms with van der Waals surface area (Å²) in [5.41, 5.74) is 7.17. The summed E-state index contributed by atoms with van der Waals surface area (Å²) in [6.07, 6.45) is 0. The summed E-state index contributed by atoms with van der Waals surface area (Å²) in [4.78, 5) is 8.34. The van der Waals surface area contributed by atoms with Gasteiger partial charge >= 0.3 is 6.01 Å². The van der Waals surface area contributed by atoms with Crippen LogP contribution in [0.1, 0.15) is 25.2 Å². The predicted octanol–water partition coefficient (Wildman–Crippen LogP) is 1.30. The van der Waals surface area contributed by atoms with Gasteiger partial charge < -0.3 is 15.2 Å². The molecule has 17 heavy (non-hydrogen) atoms. The van der Waals surface area contributed by atoms with Crippen LogP contribution < -0.4 is 10.5 Å². The Hall–Kier alpha value is -1.20. The normalized spacial score (nSPS) is 10.9. The third-order valence-corrected chi connectivity index (χ3v) is 2.01. The molecule has 1 rings (SSSR count). The zero-order valence-corrected chi connectivity index (χ0v) is 10.8. The number of hydrogen-bond donors (Lipinski definition) is 1. The molecule has 0 spiro atoms. The molecule has 0 bridgehead atoms. The first-order valence-electron chi connectivity index (χ1n) is 5.87. The summed E-state index contributed by atoms with van der Waals surface area (Å²) in [5.74, 6) is 0.536. The van der Waals surface area contributed by atoms with E-state index in [1.54, 1.807) is 0 Å². The molecule has 2 N–H and O–H groups in total. The van der Waals surface area contributed by atoms with Gasteiger partial charge in [0.1, 0.15) is 6.61 Å². The Morgan fingerprint density at radius 1 is 1.29 bits per heavy atom. The van der Waals surface area contributed by atoms with Crippen LogP contribution in [0.3, 0.4) is 0 Å². The number of rotatable bonds is 7. The van der Waals surface area contributed by atoms with Crippen molar-refractivity contribution < 1.29 is 9.47 Å². The molecule has 0 aliphatic heterocycles. The van der Waals surface area contributed by atoms with Crippen LogP contribution in [0, 0.1) is 12.8 Å². The molecule has 0 saturated carbocycles. The first kappa shape index (κ1) is 13.9. The van der Waals surface area contributed by atoms with Crippen LogP contribution in [0.2, 0.25) is 0 Å². The van der Waals surface area contributed by atoms with Crippen molar-refractivity contribution in [2.24, 2.45) is 11.7 Å². The minimum absolute atomic E-state index is 0.374. The second kappa shape index (κ2) is 7.19. The molecule has 0 aliphatic carbocycles. The lowest BCUT2D eigenvalue weighted by Crippen LogP contribution is -2.12. The molecular formula is C12H21N3O2. The number of aryl methyl sites for hydroxylation is 1. The fourth-order valence-electron chi connectivity index (χ4n) is 1.28. The van der Waals surface area contributed by atoms with Crippen LogP contribution in [-0.2, 0) is 11.3 Å². The van der Waals surface area contributed by atoms with E-state index in [0.717, 1.165) is 18.0 Å². The Kier molecular flexibility index (Phi) is 5.86. The fraction of sp³-hybridized carbons (Fsp3) is 0.667. The Morgan fingerprint density at radius 3 is 2.71 bits per heavy atom. The maximum atomic E-state index is 5.53. The minimum Gasteiger partial charge on any atom is -0.461 e. The van der Waals surface area contributed by atoms with E-state index in [1.807, 2.05) is 13.0 Å². The standard InChI is InChI=1S/C12H21N3O2/c1-9(2)8-16-4-5-17-12-14-10(3)6-11(7-13)15-12/h6,9H,4-5,7-8,13H2,1-3H3. The van der Waals surface area contributed by atoms with Crippen LogP contribution in [0.4, 0.5) is 0 Å². The van der Waals surface area contributed by atoms with Crippen LogP contribution in [0.5, 0.6) is 6.01 Å². The van der Waals surface area contributed by atoms with E-state index in [4.69, 9.17) is 15.2 Å². The second-order valence-corrected chi connectivity index (χ2v) is 4.30. The van der Waals surface area contributed by atoms with E-state index in [2.05, 4.69) is 23.8 Å². The second-order valence-electron chi connectivity index (χ2n) is 4.30. The van der Waals surface area contributed by atoms with Crippen molar-refractivity contribution in [2.75, 3.05) is 19.8 Å². The summed E-state index contributed by atoms with van der Waals surface area (Å²) in [7, 11) is 0. The third kappa shape index (κ3) is 5.60. The lowest BCUT2D eigenvalue weighted by atomic mass is 10.2. The van der Waals surface area contributed by atoms with Crippen molar-refractivity contribution in [3.8, 4) is 6.01 Å². The quantitative estimate of drug-likeness (QED) is 0.726. The van der Waals surface area contributed by atoms with Crippen molar-refractivity contribution in [3.05, 3.63) is 17.5 Å². The van der Waals surface area contributed by atoms with Gasteiger partial charge in [0.25, 0.3) is 0 Å². The van der Waals surface area contributed by atoms with Crippen LogP contribution in [0.25, 0.3) is 0 Å². The molecule has 5 nitrogen and oxygen atoms in total. The molecule has 0 fully saturated rings. The van der Waals surface area contributed by atoms with Crippen molar-refractivity contribution in [2.45, 2.75) is 27.3 Å². The van der Waals surface area contributed by atoms with Gasteiger partial charge in [0.2, 0.25) is 0 Å². The zero-order chi connectivity index (χ0) is 12.7. The van der Waals surface area contributed by atoms with E-state index in [-0.39, 0.29) is 0 Å². The van der Waals surface area contributed by atoms with Gasteiger partial charge in [0, 0.05) is 18.8 Å². The van der Waals surface area contributed by atoms with Crippen molar-refractivity contribution in [3.63, 3.8) is 0 Å². The first-order chi connectivity index (χ1) is 8.11. The predicted molar refractivity (Wildman–Crippen MR) is 65.8 cm³/mol. The Labute approximate surface area is 102 Å². The number of ether oxygens (including phenoxy) is 2. The smallest absolute Gasteiger partial charge is 0.316 e. The Balaban J connectivity index is 2.33. The lowest BCUT2D eigenvalue weighted by Gasteiger charge is -2.08. The molecule has 5 heteroatoms. The van der Waals surface area contributed by atoms with Crippen molar-refractivity contribution in [1.29, 1.82) is 0 Å². The highest BCUT2D eigenvalue weighted by Gasteiger charge is 2.02. The molecule has 96 valence electrons. The summed E-state index contributed by atoms with van der Waals surface area (Å²) >= 11 is 0. The SMILES string of the molecule is Cc1cc(CN)nc(OCCOCC(C)C)n1. The first-order valence-corrected chi connectivity index (χ1v) is 5.87. The molecule has 1 aromatic heterocycles. The molecule has 0 saturated heterocycles. The zero-order valence-electron chi connectivity index (χ0n) is 10.8. The van der Waals surface area contributed by atoms with E-state index in [1.165, 1.54) is 0 Å². The average Bonchev–Trinajstić information content (AvgIpc) is 2.27. The summed E-state index contributed by atoms with van der Waals surface area (Å²) in [6, 6.07) is 2.22. The van der Waals surface area contributed by atoms with Gasteiger partial charge in [-0.2, -0.15) is 4.98 Å². The summed E-state index contributed by atoms with van der Waals surface area (Å²) < 4.78 is 10.8. The summed E-state index contributed by atoms with van der Waals surface area (Å²) in [5, 5.41) is 0. The van der Waals surface area contributed by atoms with Gasteiger partial charge in [-0.15, -0.1) is 0 Å². The highest BCUT2D eigenvalue weighted by molar-refractivity contribution is 5.12. The lowest BCUT2D eigenvalue weighted by molar-refractivity contribution is 0.0790. The van der Waals surface area contributed by atoms with Gasteiger partial charge in [-0.3, -0.25) is 0 Å². The molecule has 0 atom stereocenters. The average molecular weight is 239 g/mol. The van der Waals surface area contributed by atoms with Crippen LogP contribution >= 0.6 is 0 Å². The van der Waals surface area contributed by atoms with E-state index < -0.39 is 0 Å². The molecule has 1 heterocycles. The van der Waals surface area contributed by atoms with Crippen molar-refractivity contribution >= 4 is 0 Å². The molecule has 0 radical (unpaired) electrons. The van der Waals surface area contributed by atoms with Gasteiger partial charge in [-0.05, 0) is 18.9 Å².